The number of anilines is 2. The number of carbonyl (C=O) groups is 2. The van der Waals surface area contributed by atoms with E-state index in [2.05, 4.69) is 11.4 Å². The molecule has 168 valence electrons. The zero-order valence-electron chi connectivity index (χ0n) is 18.2. The number of aromatic nitrogens is 1. The molecule has 0 unspecified atom stereocenters. The number of fused-ring (bicyclic) bond motifs is 3. The van der Waals surface area contributed by atoms with E-state index in [1.165, 1.54) is 33.1 Å². The topological polar surface area (TPSA) is 94.3 Å². The summed E-state index contributed by atoms with van der Waals surface area (Å²) in [5, 5.41) is 4.43. The first-order valence-corrected chi connectivity index (χ1v) is 13.0. The zero-order chi connectivity index (χ0) is 22.2. The molecule has 0 radical (unpaired) electrons. The maximum absolute atomic E-state index is 13.3. The number of nitrogen functional groups attached to an aromatic ring is 1. The van der Waals surface area contributed by atoms with Gasteiger partial charge in [0.05, 0.1) is 17.9 Å². The number of nitrogens with two attached hydrogens (primary N) is 1. The summed E-state index contributed by atoms with van der Waals surface area (Å²) in [7, 11) is 0. The third-order valence-electron chi connectivity index (χ3n) is 6.33. The summed E-state index contributed by atoms with van der Waals surface area (Å²) in [6.45, 7) is 2.10. The second-order valence-corrected chi connectivity index (χ2v) is 10.5. The van der Waals surface area contributed by atoms with E-state index in [0.29, 0.717) is 27.7 Å². The monoisotopic (exact) mass is 469 g/mol. The Morgan fingerprint density at radius 3 is 2.72 bits per heavy atom. The van der Waals surface area contributed by atoms with Gasteiger partial charge in [-0.1, -0.05) is 6.42 Å². The van der Waals surface area contributed by atoms with Crippen molar-refractivity contribution in [3.05, 3.63) is 38.2 Å². The molecule has 32 heavy (non-hydrogen) atoms. The SMILES string of the molecule is CCOC(=O)c1c(NC(=O)c2sc3nc4c(cc3c2N)CCCC4)sc2c1CCCCC2. The van der Waals surface area contributed by atoms with Gasteiger partial charge in [0.1, 0.15) is 14.7 Å². The minimum Gasteiger partial charge on any atom is -0.462 e. The number of nitrogens with one attached hydrogen (secondary N) is 1. The summed E-state index contributed by atoms with van der Waals surface area (Å²) < 4.78 is 5.33. The zero-order valence-corrected chi connectivity index (χ0v) is 19.8. The Morgan fingerprint density at radius 1 is 1.09 bits per heavy atom. The molecule has 0 fully saturated rings. The van der Waals surface area contributed by atoms with Crippen LogP contribution in [0.4, 0.5) is 10.7 Å². The number of carbonyl (C=O) groups excluding carboxylic acids is 2. The van der Waals surface area contributed by atoms with Crippen LogP contribution in [0.2, 0.25) is 0 Å². The summed E-state index contributed by atoms with van der Waals surface area (Å²) >= 11 is 2.83. The molecule has 0 aromatic carbocycles. The average molecular weight is 470 g/mol. The summed E-state index contributed by atoms with van der Waals surface area (Å²) in [5.74, 6) is -0.647. The third kappa shape index (κ3) is 3.79. The van der Waals surface area contributed by atoms with E-state index < -0.39 is 0 Å². The quantitative estimate of drug-likeness (QED) is 0.388. The van der Waals surface area contributed by atoms with Crippen molar-refractivity contribution in [1.29, 1.82) is 0 Å². The van der Waals surface area contributed by atoms with Gasteiger partial charge in [-0.15, -0.1) is 22.7 Å². The van der Waals surface area contributed by atoms with E-state index in [0.717, 1.165) is 79.3 Å². The normalized spacial score (nSPS) is 15.7. The van der Waals surface area contributed by atoms with E-state index >= 15 is 0 Å². The molecule has 8 heteroatoms. The van der Waals surface area contributed by atoms with Crippen molar-refractivity contribution in [3.63, 3.8) is 0 Å². The molecule has 3 aromatic heterocycles. The Balaban J connectivity index is 1.50. The van der Waals surface area contributed by atoms with E-state index in [-0.39, 0.29) is 11.9 Å². The maximum Gasteiger partial charge on any atom is 0.341 e. The van der Waals surface area contributed by atoms with Crippen molar-refractivity contribution >= 4 is 55.5 Å². The molecule has 0 spiro atoms. The molecule has 0 atom stereocenters. The number of thiophene rings is 2. The van der Waals surface area contributed by atoms with E-state index in [9.17, 15) is 9.59 Å². The minimum atomic E-state index is -0.360. The van der Waals surface area contributed by atoms with Crippen molar-refractivity contribution in [2.24, 2.45) is 0 Å². The van der Waals surface area contributed by atoms with Crippen LogP contribution in [0.5, 0.6) is 0 Å². The largest absolute Gasteiger partial charge is 0.462 e. The smallest absolute Gasteiger partial charge is 0.341 e. The van der Waals surface area contributed by atoms with Crippen molar-refractivity contribution in [1.82, 2.24) is 4.98 Å². The van der Waals surface area contributed by atoms with Crippen LogP contribution in [0.25, 0.3) is 10.2 Å². The van der Waals surface area contributed by atoms with Gasteiger partial charge < -0.3 is 15.8 Å². The van der Waals surface area contributed by atoms with E-state index in [1.54, 1.807) is 6.92 Å². The standard InChI is InChI=1S/C24H27N3O3S2/c1-2-30-24(29)18-14-9-4-3-5-11-17(14)31-23(18)27-21(28)20-19(25)15-12-13-8-6-7-10-16(13)26-22(15)32-20/h12H,2-11,25H2,1H3,(H,27,28). The second-order valence-electron chi connectivity index (χ2n) is 8.44. The molecule has 1 amide bonds. The molecule has 2 aliphatic rings. The molecular weight excluding hydrogens is 442 g/mol. The number of aryl methyl sites for hydroxylation is 3. The first kappa shape index (κ1) is 21.4. The molecule has 3 heterocycles. The Morgan fingerprint density at radius 2 is 1.88 bits per heavy atom. The maximum atomic E-state index is 13.3. The van der Waals surface area contributed by atoms with Crippen molar-refractivity contribution in [2.45, 2.75) is 64.7 Å². The number of rotatable bonds is 4. The number of hydrogen-bond donors (Lipinski definition) is 2. The highest BCUT2D eigenvalue weighted by Gasteiger charge is 2.28. The lowest BCUT2D eigenvalue weighted by molar-refractivity contribution is 0.0527. The summed E-state index contributed by atoms with van der Waals surface area (Å²) in [6, 6.07) is 2.11. The number of nitrogens with zero attached hydrogens (tertiary/aromatic N) is 1. The van der Waals surface area contributed by atoms with Gasteiger partial charge in [-0.25, -0.2) is 9.78 Å². The van der Waals surface area contributed by atoms with Crippen LogP contribution >= 0.6 is 22.7 Å². The van der Waals surface area contributed by atoms with E-state index in [1.807, 2.05) is 0 Å². The number of ether oxygens (including phenoxy) is 1. The lowest BCUT2D eigenvalue weighted by atomic mass is 9.95. The van der Waals surface area contributed by atoms with Crippen molar-refractivity contribution in [3.8, 4) is 0 Å². The number of amides is 1. The van der Waals surface area contributed by atoms with Gasteiger partial charge in [0.2, 0.25) is 0 Å². The van der Waals surface area contributed by atoms with Crippen LogP contribution in [-0.2, 0) is 30.4 Å². The van der Waals surface area contributed by atoms with Gasteiger partial charge in [-0.3, -0.25) is 4.79 Å². The molecule has 5 rings (SSSR count). The molecular formula is C24H27N3O3S2. The Bertz CT molecular complexity index is 1210. The summed E-state index contributed by atoms with van der Waals surface area (Å²) in [5.41, 5.74) is 10.8. The van der Waals surface area contributed by atoms with Crippen LogP contribution in [0.15, 0.2) is 6.07 Å². The predicted octanol–water partition coefficient (Wildman–Crippen LogP) is 5.52. The van der Waals surface area contributed by atoms with Crippen LogP contribution < -0.4 is 11.1 Å². The third-order valence-corrected chi connectivity index (χ3v) is 8.65. The molecule has 0 saturated carbocycles. The molecule has 3 N–H and O–H groups in total. The Kier molecular flexibility index (Phi) is 5.90. The highest BCUT2D eigenvalue weighted by molar-refractivity contribution is 7.21. The molecule has 0 saturated heterocycles. The summed E-state index contributed by atoms with van der Waals surface area (Å²) in [4.78, 5) is 33.3. The predicted molar refractivity (Wildman–Crippen MR) is 130 cm³/mol. The fourth-order valence-electron chi connectivity index (χ4n) is 4.74. The van der Waals surface area contributed by atoms with Gasteiger partial charge >= 0.3 is 5.97 Å². The van der Waals surface area contributed by atoms with E-state index in [4.69, 9.17) is 15.5 Å². The first-order valence-electron chi connectivity index (χ1n) is 11.4. The lowest BCUT2D eigenvalue weighted by Crippen LogP contribution is -2.15. The molecule has 3 aromatic rings. The van der Waals surface area contributed by atoms with Crippen LogP contribution in [0.1, 0.15) is 80.8 Å². The lowest BCUT2D eigenvalue weighted by Gasteiger charge is -2.14. The molecule has 2 aliphatic carbocycles. The van der Waals surface area contributed by atoms with Crippen LogP contribution in [-0.4, -0.2) is 23.5 Å². The molecule has 0 bridgehead atoms. The highest BCUT2D eigenvalue weighted by Crippen LogP contribution is 2.40. The Hall–Kier alpha value is -2.45. The van der Waals surface area contributed by atoms with Gasteiger partial charge in [0.25, 0.3) is 5.91 Å². The highest BCUT2D eigenvalue weighted by atomic mass is 32.1. The van der Waals surface area contributed by atoms with Gasteiger partial charge in [0, 0.05) is 16.0 Å². The second kappa shape index (κ2) is 8.83. The first-order chi connectivity index (χ1) is 15.6. The average Bonchev–Trinajstić information content (AvgIpc) is 3.19. The van der Waals surface area contributed by atoms with Gasteiger partial charge in [0.15, 0.2) is 0 Å². The number of hydrogen-bond acceptors (Lipinski definition) is 7. The molecule has 0 aliphatic heterocycles. The van der Waals surface area contributed by atoms with Gasteiger partial charge in [-0.2, -0.15) is 0 Å². The minimum absolute atomic E-state index is 0.287. The van der Waals surface area contributed by atoms with Gasteiger partial charge in [-0.05, 0) is 75.5 Å². The number of pyridine rings is 1. The van der Waals surface area contributed by atoms with Crippen LogP contribution in [0, 0.1) is 0 Å². The molecule has 6 nitrogen and oxygen atoms in total. The van der Waals surface area contributed by atoms with Crippen LogP contribution in [0.3, 0.4) is 0 Å². The number of esters is 1. The summed E-state index contributed by atoms with van der Waals surface area (Å²) in [6.07, 6.45) is 9.38. The van der Waals surface area contributed by atoms with Crippen molar-refractivity contribution < 1.29 is 14.3 Å². The van der Waals surface area contributed by atoms with Crippen molar-refractivity contribution in [2.75, 3.05) is 17.7 Å². The fraction of sp³-hybridized carbons (Fsp3) is 0.458. The Labute approximate surface area is 195 Å². The fourth-order valence-corrected chi connectivity index (χ4v) is 7.00.